The third-order valence-corrected chi connectivity index (χ3v) is 5.68. The molecule has 0 bridgehead atoms. The van der Waals surface area contributed by atoms with Gasteiger partial charge in [-0.25, -0.2) is 8.42 Å². The van der Waals surface area contributed by atoms with Crippen molar-refractivity contribution in [3.63, 3.8) is 0 Å². The van der Waals surface area contributed by atoms with Gasteiger partial charge in [-0.2, -0.15) is 5.10 Å². The molecule has 0 aliphatic carbocycles. The number of nitrogens with zero attached hydrogens (tertiary/aromatic N) is 4. The second kappa shape index (κ2) is 7.74. The lowest BCUT2D eigenvalue weighted by Crippen LogP contribution is -2.17. The molecule has 0 saturated heterocycles. The Morgan fingerprint density at radius 2 is 1.75 bits per heavy atom. The van der Waals surface area contributed by atoms with Gasteiger partial charge in [0.25, 0.3) is 15.9 Å². The minimum Gasteiger partial charge on any atom is -0.321 e. The maximum atomic E-state index is 12.4. The largest absolute Gasteiger partial charge is 0.321 e. The van der Waals surface area contributed by atoms with E-state index in [1.807, 2.05) is 0 Å². The van der Waals surface area contributed by atoms with Crippen LogP contribution in [0.4, 0.5) is 11.5 Å². The molecular weight excluding hydrogens is 427 g/mol. The van der Waals surface area contributed by atoms with Gasteiger partial charge >= 0.3 is 0 Å². The summed E-state index contributed by atoms with van der Waals surface area (Å²) in [4.78, 5) is 12.4. The molecule has 0 aliphatic rings. The normalized spacial score (nSPS) is 11.3. The van der Waals surface area contributed by atoms with Crippen molar-refractivity contribution in [1.29, 1.82) is 0 Å². The number of aryl methyl sites for hydroxylation is 2. The zero-order chi connectivity index (χ0) is 20.5. The Hall–Kier alpha value is -2.69. The highest BCUT2D eigenvalue weighted by molar-refractivity contribution is 7.92. The number of hydrogen-bond donors (Lipinski definition) is 2. The summed E-state index contributed by atoms with van der Waals surface area (Å²) in [6.07, 6.45) is 0. The van der Waals surface area contributed by atoms with Gasteiger partial charge < -0.3 is 5.32 Å². The number of carbonyl (C=O) groups is 1. The summed E-state index contributed by atoms with van der Waals surface area (Å²) in [6.45, 7) is 1.69. The van der Waals surface area contributed by atoms with Gasteiger partial charge in [0.2, 0.25) is 0 Å². The van der Waals surface area contributed by atoms with E-state index < -0.39 is 15.9 Å². The van der Waals surface area contributed by atoms with Crippen molar-refractivity contribution in [2.45, 2.75) is 11.8 Å². The molecule has 0 spiro atoms. The molecule has 28 heavy (non-hydrogen) atoms. The van der Waals surface area contributed by atoms with Crippen molar-refractivity contribution >= 4 is 50.6 Å². The molecule has 1 amide bonds. The van der Waals surface area contributed by atoms with E-state index in [0.717, 1.165) is 0 Å². The Kier molecular flexibility index (Phi) is 5.54. The average molecular weight is 441 g/mol. The number of carbonyl (C=O) groups excluding carboxylic acids is 1. The van der Waals surface area contributed by atoms with Gasteiger partial charge in [-0.1, -0.05) is 23.2 Å². The van der Waals surface area contributed by atoms with E-state index in [9.17, 15) is 13.2 Å². The summed E-state index contributed by atoms with van der Waals surface area (Å²) in [6, 6.07) is 8.40. The van der Waals surface area contributed by atoms with E-state index in [1.165, 1.54) is 41.1 Å². The van der Waals surface area contributed by atoms with E-state index >= 15 is 0 Å². The predicted octanol–water partition coefficient (Wildman–Crippen LogP) is 2.88. The van der Waals surface area contributed by atoms with Crippen LogP contribution in [0, 0.1) is 6.92 Å². The highest BCUT2D eigenvalue weighted by Crippen LogP contribution is 2.22. The highest BCUT2D eigenvalue weighted by Gasteiger charge is 2.19. The molecule has 2 heterocycles. The van der Waals surface area contributed by atoms with E-state index in [0.29, 0.717) is 11.4 Å². The molecule has 0 saturated carbocycles. The molecule has 0 unspecified atom stereocenters. The van der Waals surface area contributed by atoms with Crippen LogP contribution >= 0.6 is 23.2 Å². The summed E-state index contributed by atoms with van der Waals surface area (Å²) in [5, 5.41) is 14.4. The van der Waals surface area contributed by atoms with Gasteiger partial charge in [-0.3, -0.25) is 14.2 Å². The molecule has 0 atom stereocenters. The van der Waals surface area contributed by atoms with Crippen LogP contribution in [0.5, 0.6) is 0 Å². The maximum Gasteiger partial charge on any atom is 0.275 e. The van der Waals surface area contributed by atoms with Crippen LogP contribution < -0.4 is 10.0 Å². The number of hydrogen-bond acceptors (Lipinski definition) is 6. The van der Waals surface area contributed by atoms with Gasteiger partial charge in [0, 0.05) is 12.7 Å². The molecular formula is C16H14Cl2N6O3S. The van der Waals surface area contributed by atoms with Crippen LogP contribution in [0.2, 0.25) is 10.2 Å². The van der Waals surface area contributed by atoms with Crippen LogP contribution in [0.3, 0.4) is 0 Å². The lowest BCUT2D eigenvalue weighted by Gasteiger charge is -2.09. The second-order valence-corrected chi connectivity index (χ2v) is 8.14. The van der Waals surface area contributed by atoms with Crippen LogP contribution in [0.25, 0.3) is 0 Å². The molecule has 0 fully saturated rings. The van der Waals surface area contributed by atoms with Crippen molar-refractivity contribution in [2.24, 2.45) is 7.05 Å². The summed E-state index contributed by atoms with van der Waals surface area (Å²) in [5.74, 6) is -0.429. The lowest BCUT2D eigenvalue weighted by atomic mass is 10.3. The van der Waals surface area contributed by atoms with Crippen molar-refractivity contribution in [3.8, 4) is 0 Å². The Labute approximate surface area is 170 Å². The highest BCUT2D eigenvalue weighted by atomic mass is 35.5. The molecule has 9 nitrogen and oxygen atoms in total. The minimum atomic E-state index is -3.88. The number of rotatable bonds is 5. The van der Waals surface area contributed by atoms with Crippen LogP contribution in [-0.2, 0) is 17.1 Å². The number of benzene rings is 1. The predicted molar refractivity (Wildman–Crippen MR) is 105 cm³/mol. The zero-order valence-corrected chi connectivity index (χ0v) is 17.0. The van der Waals surface area contributed by atoms with E-state index in [1.54, 1.807) is 14.0 Å². The van der Waals surface area contributed by atoms with Crippen LogP contribution in [-0.4, -0.2) is 34.3 Å². The molecule has 12 heteroatoms. The summed E-state index contributed by atoms with van der Waals surface area (Å²) >= 11 is 11.7. The number of nitrogens with one attached hydrogen (secondary N) is 2. The molecule has 3 rings (SSSR count). The fourth-order valence-electron chi connectivity index (χ4n) is 2.35. The molecule has 2 N–H and O–H groups in total. The first-order chi connectivity index (χ1) is 13.2. The molecule has 1 aromatic carbocycles. The molecule has 0 radical (unpaired) electrons. The van der Waals surface area contributed by atoms with Crippen molar-refractivity contribution < 1.29 is 13.2 Å². The topological polar surface area (TPSA) is 119 Å². The van der Waals surface area contributed by atoms with E-state index in [2.05, 4.69) is 25.3 Å². The third-order valence-electron chi connectivity index (χ3n) is 3.66. The number of aromatic nitrogens is 4. The zero-order valence-electron chi connectivity index (χ0n) is 14.6. The number of halogens is 2. The number of anilines is 2. The quantitative estimate of drug-likeness (QED) is 0.629. The van der Waals surface area contributed by atoms with Gasteiger partial charge in [0.1, 0.15) is 5.69 Å². The molecule has 2 aromatic heterocycles. The van der Waals surface area contributed by atoms with Crippen molar-refractivity contribution in [3.05, 3.63) is 58.0 Å². The van der Waals surface area contributed by atoms with Gasteiger partial charge in [0.05, 0.1) is 15.6 Å². The Bertz CT molecular complexity index is 1130. The van der Waals surface area contributed by atoms with Gasteiger partial charge in [-0.05, 0) is 43.3 Å². The van der Waals surface area contributed by atoms with Crippen molar-refractivity contribution in [2.75, 3.05) is 10.0 Å². The second-order valence-electron chi connectivity index (χ2n) is 5.70. The standard InChI is InChI=1S/C16H14Cl2N6O3S/c1-9-14(18)15(24(2)22-9)16(25)19-10-3-5-11(6-4-10)28(26,27)23-13-8-7-12(17)20-21-13/h3-8H,1-2H3,(H,19,25)(H,21,23). The third kappa shape index (κ3) is 4.24. The summed E-state index contributed by atoms with van der Waals surface area (Å²) in [5.41, 5.74) is 1.14. The molecule has 0 aliphatic heterocycles. The van der Waals surface area contributed by atoms with Crippen molar-refractivity contribution in [1.82, 2.24) is 20.0 Å². The van der Waals surface area contributed by atoms with E-state index in [4.69, 9.17) is 23.2 Å². The molecule has 146 valence electrons. The maximum absolute atomic E-state index is 12.4. The van der Waals surface area contributed by atoms with Crippen LogP contribution in [0.1, 0.15) is 16.2 Å². The first-order valence-electron chi connectivity index (χ1n) is 7.80. The Morgan fingerprint density at radius 1 is 1.07 bits per heavy atom. The average Bonchev–Trinajstić information content (AvgIpc) is 2.89. The van der Waals surface area contributed by atoms with Gasteiger partial charge in [0.15, 0.2) is 11.0 Å². The Morgan fingerprint density at radius 3 is 2.29 bits per heavy atom. The lowest BCUT2D eigenvalue weighted by molar-refractivity contribution is 0.101. The van der Waals surface area contributed by atoms with Gasteiger partial charge in [-0.15, -0.1) is 10.2 Å². The summed E-state index contributed by atoms with van der Waals surface area (Å²) < 4.78 is 28.5. The van der Waals surface area contributed by atoms with Crippen LogP contribution in [0.15, 0.2) is 41.3 Å². The summed E-state index contributed by atoms with van der Waals surface area (Å²) in [7, 11) is -2.27. The minimum absolute atomic E-state index is 0.0170. The molecule has 3 aromatic rings. The fraction of sp³-hybridized carbons (Fsp3) is 0.125. The fourth-order valence-corrected chi connectivity index (χ4v) is 3.70. The first kappa shape index (κ1) is 20.1. The monoisotopic (exact) mass is 440 g/mol. The number of amides is 1. The number of sulfonamides is 1. The SMILES string of the molecule is Cc1nn(C)c(C(=O)Nc2ccc(S(=O)(=O)Nc3ccc(Cl)nn3)cc2)c1Cl. The smallest absolute Gasteiger partial charge is 0.275 e. The Balaban J connectivity index is 1.75. The van der Waals surface area contributed by atoms with E-state index in [-0.39, 0.29) is 26.6 Å². The first-order valence-corrected chi connectivity index (χ1v) is 10.0.